The Kier molecular flexibility index (Phi) is 4.63. The van der Waals surface area contributed by atoms with Gasteiger partial charge in [0.05, 0.1) is 12.7 Å². The first-order chi connectivity index (χ1) is 10.2. The minimum atomic E-state index is 0.367. The van der Waals surface area contributed by atoms with E-state index in [9.17, 15) is 0 Å². The molecule has 2 aliphatic rings. The van der Waals surface area contributed by atoms with Crippen molar-refractivity contribution in [2.24, 2.45) is 0 Å². The summed E-state index contributed by atoms with van der Waals surface area (Å²) in [5.74, 6) is 0. The Morgan fingerprint density at radius 3 is 2.48 bits per heavy atom. The molecule has 0 saturated carbocycles. The quantitative estimate of drug-likeness (QED) is 0.831. The average Bonchev–Trinajstić information content (AvgIpc) is 2.49. The molecular weight excluding hydrogens is 264 g/mol. The van der Waals surface area contributed by atoms with E-state index in [1.807, 2.05) is 12.1 Å². The summed E-state index contributed by atoms with van der Waals surface area (Å²) in [5.41, 5.74) is 7.85. The third kappa shape index (κ3) is 3.87. The molecule has 0 aromatic heterocycles. The molecule has 5 heteroatoms. The Morgan fingerprint density at radius 1 is 1.10 bits per heavy atom. The number of nitrogens with zero attached hydrogens (tertiary/aromatic N) is 3. The van der Waals surface area contributed by atoms with Crippen LogP contribution in [0.2, 0.25) is 0 Å². The van der Waals surface area contributed by atoms with Crippen molar-refractivity contribution in [3.63, 3.8) is 0 Å². The molecule has 3 rings (SSSR count). The summed E-state index contributed by atoms with van der Waals surface area (Å²) < 4.78 is 5.86. The first kappa shape index (κ1) is 14.6. The summed E-state index contributed by atoms with van der Waals surface area (Å²) in [6.45, 7) is 8.40. The number of hydrogen-bond acceptors (Lipinski definition) is 5. The fourth-order valence-corrected chi connectivity index (χ4v) is 3.14. The number of morpholine rings is 1. The number of benzene rings is 1. The summed E-state index contributed by atoms with van der Waals surface area (Å²) in [6.07, 6.45) is 0.367. The third-order valence-electron chi connectivity index (χ3n) is 4.43. The van der Waals surface area contributed by atoms with E-state index >= 15 is 0 Å². The molecule has 0 radical (unpaired) electrons. The van der Waals surface area contributed by atoms with Crippen molar-refractivity contribution in [2.45, 2.75) is 6.10 Å². The molecule has 1 unspecified atom stereocenters. The van der Waals surface area contributed by atoms with Gasteiger partial charge in [0.1, 0.15) is 0 Å². The van der Waals surface area contributed by atoms with Crippen molar-refractivity contribution in [1.29, 1.82) is 0 Å². The number of rotatable bonds is 3. The Balaban J connectivity index is 1.47. The highest BCUT2D eigenvalue weighted by Crippen LogP contribution is 2.18. The molecular formula is C16H26N4O. The van der Waals surface area contributed by atoms with E-state index in [0.29, 0.717) is 6.10 Å². The summed E-state index contributed by atoms with van der Waals surface area (Å²) in [4.78, 5) is 7.32. The molecule has 116 valence electrons. The Morgan fingerprint density at radius 2 is 1.81 bits per heavy atom. The minimum absolute atomic E-state index is 0.367. The normalized spacial score (nSPS) is 25.2. The van der Waals surface area contributed by atoms with Crippen LogP contribution in [-0.4, -0.2) is 75.4 Å². The van der Waals surface area contributed by atoms with Gasteiger partial charge in [-0.1, -0.05) is 0 Å². The highest BCUT2D eigenvalue weighted by atomic mass is 16.5. The highest BCUT2D eigenvalue weighted by molar-refractivity contribution is 5.53. The van der Waals surface area contributed by atoms with Gasteiger partial charge in [0.2, 0.25) is 0 Å². The first-order valence-corrected chi connectivity index (χ1v) is 7.84. The van der Waals surface area contributed by atoms with Crippen molar-refractivity contribution in [1.82, 2.24) is 9.80 Å². The fraction of sp³-hybridized carbons (Fsp3) is 0.625. The van der Waals surface area contributed by atoms with Crippen molar-refractivity contribution >= 4 is 11.4 Å². The van der Waals surface area contributed by atoms with Crippen LogP contribution in [0, 0.1) is 0 Å². The van der Waals surface area contributed by atoms with Crippen molar-refractivity contribution < 1.29 is 4.74 Å². The smallest absolute Gasteiger partial charge is 0.0829 e. The van der Waals surface area contributed by atoms with Crippen LogP contribution >= 0.6 is 0 Å². The molecule has 0 aliphatic carbocycles. The Bertz CT molecular complexity index is 442. The second-order valence-electron chi connectivity index (χ2n) is 6.13. The van der Waals surface area contributed by atoms with Crippen molar-refractivity contribution in [3.8, 4) is 0 Å². The third-order valence-corrected chi connectivity index (χ3v) is 4.43. The maximum Gasteiger partial charge on any atom is 0.0829 e. The number of anilines is 2. The standard InChI is InChI=1S/C16H26N4O/c1-18-10-11-21-16(12-18)13-19-6-8-20(9-7-19)15-4-2-14(17)3-5-15/h2-5,16H,6-13,17H2,1H3. The summed E-state index contributed by atoms with van der Waals surface area (Å²) >= 11 is 0. The van der Waals surface area contributed by atoms with Gasteiger partial charge in [-0.2, -0.15) is 0 Å². The molecule has 2 aliphatic heterocycles. The summed E-state index contributed by atoms with van der Waals surface area (Å²) in [5, 5.41) is 0. The van der Waals surface area contributed by atoms with Gasteiger partial charge in [0, 0.05) is 57.2 Å². The Hall–Kier alpha value is -1.30. The van der Waals surface area contributed by atoms with Gasteiger partial charge in [0.15, 0.2) is 0 Å². The fourth-order valence-electron chi connectivity index (χ4n) is 3.14. The number of likely N-dealkylation sites (N-methyl/N-ethyl adjacent to an activating group) is 1. The van der Waals surface area contributed by atoms with Crippen LogP contribution < -0.4 is 10.6 Å². The topological polar surface area (TPSA) is 45.0 Å². The minimum Gasteiger partial charge on any atom is -0.399 e. The van der Waals surface area contributed by atoms with Gasteiger partial charge in [-0.15, -0.1) is 0 Å². The zero-order chi connectivity index (χ0) is 14.7. The predicted octanol–water partition coefficient (Wildman–Crippen LogP) is 0.721. The zero-order valence-electron chi connectivity index (χ0n) is 12.9. The maximum absolute atomic E-state index is 5.86. The largest absolute Gasteiger partial charge is 0.399 e. The second kappa shape index (κ2) is 6.64. The lowest BCUT2D eigenvalue weighted by Gasteiger charge is -2.39. The number of piperazine rings is 1. The van der Waals surface area contributed by atoms with Gasteiger partial charge in [-0.25, -0.2) is 0 Å². The van der Waals surface area contributed by atoms with Gasteiger partial charge in [-0.3, -0.25) is 4.90 Å². The van der Waals surface area contributed by atoms with E-state index in [4.69, 9.17) is 10.5 Å². The van der Waals surface area contributed by atoms with E-state index in [0.717, 1.165) is 58.1 Å². The van der Waals surface area contributed by atoms with E-state index in [1.165, 1.54) is 5.69 Å². The van der Waals surface area contributed by atoms with Gasteiger partial charge < -0.3 is 20.3 Å². The molecule has 1 aromatic carbocycles. The lowest BCUT2D eigenvalue weighted by Crippen LogP contribution is -2.52. The molecule has 1 aromatic rings. The molecule has 5 nitrogen and oxygen atoms in total. The molecule has 0 spiro atoms. The molecule has 2 N–H and O–H groups in total. The molecule has 0 amide bonds. The number of ether oxygens (including phenoxy) is 1. The molecule has 2 saturated heterocycles. The maximum atomic E-state index is 5.86. The highest BCUT2D eigenvalue weighted by Gasteiger charge is 2.23. The monoisotopic (exact) mass is 290 g/mol. The van der Waals surface area contributed by atoms with Crippen LogP contribution in [0.1, 0.15) is 0 Å². The second-order valence-corrected chi connectivity index (χ2v) is 6.13. The van der Waals surface area contributed by atoms with E-state index in [-0.39, 0.29) is 0 Å². The van der Waals surface area contributed by atoms with Crippen LogP contribution in [0.3, 0.4) is 0 Å². The lowest BCUT2D eigenvalue weighted by atomic mass is 10.2. The zero-order valence-corrected chi connectivity index (χ0v) is 12.9. The van der Waals surface area contributed by atoms with E-state index < -0.39 is 0 Å². The van der Waals surface area contributed by atoms with Crippen LogP contribution in [-0.2, 0) is 4.74 Å². The van der Waals surface area contributed by atoms with Crippen LogP contribution in [0.25, 0.3) is 0 Å². The van der Waals surface area contributed by atoms with E-state index in [2.05, 4.69) is 33.9 Å². The predicted molar refractivity (Wildman–Crippen MR) is 86.7 cm³/mol. The lowest BCUT2D eigenvalue weighted by molar-refractivity contribution is -0.0361. The van der Waals surface area contributed by atoms with Gasteiger partial charge >= 0.3 is 0 Å². The number of nitrogens with two attached hydrogens (primary N) is 1. The SMILES string of the molecule is CN1CCOC(CN2CCN(c3ccc(N)cc3)CC2)C1. The van der Waals surface area contributed by atoms with Crippen LogP contribution in [0.4, 0.5) is 11.4 Å². The van der Waals surface area contributed by atoms with Crippen LogP contribution in [0.5, 0.6) is 0 Å². The van der Waals surface area contributed by atoms with Crippen LogP contribution in [0.15, 0.2) is 24.3 Å². The van der Waals surface area contributed by atoms with Gasteiger partial charge in [0.25, 0.3) is 0 Å². The molecule has 2 fully saturated rings. The summed E-state index contributed by atoms with van der Waals surface area (Å²) in [6, 6.07) is 8.19. The number of nitrogen functional groups attached to an aromatic ring is 1. The average molecular weight is 290 g/mol. The molecule has 21 heavy (non-hydrogen) atoms. The summed E-state index contributed by atoms with van der Waals surface area (Å²) in [7, 11) is 2.18. The molecule has 0 bridgehead atoms. The first-order valence-electron chi connectivity index (χ1n) is 7.84. The van der Waals surface area contributed by atoms with E-state index in [1.54, 1.807) is 0 Å². The molecule has 1 atom stereocenters. The number of hydrogen-bond donors (Lipinski definition) is 1. The van der Waals surface area contributed by atoms with Crippen molar-refractivity contribution in [3.05, 3.63) is 24.3 Å². The molecule has 2 heterocycles. The van der Waals surface area contributed by atoms with Gasteiger partial charge in [-0.05, 0) is 31.3 Å². The Labute approximate surface area is 127 Å². The van der Waals surface area contributed by atoms with Crippen molar-refractivity contribution in [2.75, 3.05) is 70.1 Å².